The van der Waals surface area contributed by atoms with Crippen molar-refractivity contribution in [3.8, 4) is 0 Å². The molecule has 0 heterocycles. The van der Waals surface area contributed by atoms with Crippen molar-refractivity contribution in [2.45, 2.75) is 174 Å². The third-order valence-electron chi connectivity index (χ3n) is 8.38. The lowest BCUT2D eigenvalue weighted by Gasteiger charge is -2.19. The van der Waals surface area contributed by atoms with E-state index in [0.717, 1.165) is 51.4 Å². The van der Waals surface area contributed by atoms with Gasteiger partial charge in [0, 0.05) is 19.4 Å². The van der Waals surface area contributed by atoms with Crippen LogP contribution in [0.5, 0.6) is 0 Å². The third kappa shape index (κ3) is 39.2. The maximum absolute atomic E-state index is 12.5. The summed E-state index contributed by atoms with van der Waals surface area (Å²) in [5, 5.41) is 0. The van der Waals surface area contributed by atoms with Crippen LogP contribution in [-0.4, -0.2) is 49.3 Å². The molecule has 1 unspecified atom stereocenters. The quantitative estimate of drug-likeness (QED) is 0.0272. The lowest BCUT2D eigenvalue weighted by Crippen LogP contribution is -2.29. The summed E-state index contributed by atoms with van der Waals surface area (Å²) >= 11 is 0. The molecule has 10 heteroatoms. The number of nitrogens with two attached hydrogens (primary N) is 1. The smallest absolute Gasteiger partial charge is 0.462 e. The van der Waals surface area contributed by atoms with Gasteiger partial charge in [-0.2, -0.15) is 0 Å². The molecule has 0 aliphatic carbocycles. The highest BCUT2D eigenvalue weighted by Gasteiger charge is 2.25. The second-order valence-electron chi connectivity index (χ2n) is 13.5. The molecule has 0 fully saturated rings. The SMILES string of the molecule is CCCCCC=CCC=CCC=CCC=CCCCC(=O)O[C@H](COC(=O)CCCCCCCCCC=CCCCCCC)COP(=O)(O)OCCN. The molecule has 9 nitrogen and oxygen atoms in total. The lowest BCUT2D eigenvalue weighted by molar-refractivity contribution is -0.161. The molecule has 0 aliphatic rings. The summed E-state index contributed by atoms with van der Waals surface area (Å²) in [5.41, 5.74) is 5.34. The van der Waals surface area contributed by atoms with Crippen LogP contribution in [0.4, 0.5) is 0 Å². The molecule has 0 rings (SSSR count). The van der Waals surface area contributed by atoms with E-state index < -0.39 is 32.5 Å². The van der Waals surface area contributed by atoms with E-state index >= 15 is 0 Å². The molecular formula is C43H76NO8P. The standard InChI is InChI=1S/C43H76NO8P/c1-3-5-7-9-11-13-15-17-19-20-22-24-26-28-30-32-34-36-43(46)52-41(40-51-53(47,48)50-38-37-44)39-49-42(45)35-33-31-29-27-25-23-21-18-16-14-12-10-8-6-4-2/h11,13-14,16-17,19,22,24,28,30,41H,3-10,12,15,18,20-21,23,25-27,29,31-40,44H2,1-2H3,(H,47,48)/t41-/m1/s1. The van der Waals surface area contributed by atoms with Gasteiger partial charge in [-0.3, -0.25) is 18.6 Å². The monoisotopic (exact) mass is 766 g/mol. The van der Waals surface area contributed by atoms with Gasteiger partial charge in [-0.05, 0) is 77.0 Å². The Hall–Kier alpha value is -2.29. The zero-order chi connectivity index (χ0) is 38.9. The number of ether oxygens (including phenoxy) is 2. The van der Waals surface area contributed by atoms with Crippen molar-refractivity contribution in [1.29, 1.82) is 0 Å². The first-order chi connectivity index (χ1) is 25.8. The van der Waals surface area contributed by atoms with E-state index in [1.54, 1.807) is 0 Å². The highest BCUT2D eigenvalue weighted by atomic mass is 31.2. The summed E-state index contributed by atoms with van der Waals surface area (Å²) in [4.78, 5) is 34.8. The molecule has 0 aromatic rings. The van der Waals surface area contributed by atoms with Gasteiger partial charge in [0.15, 0.2) is 6.10 Å². The Bertz CT molecular complexity index is 1050. The molecule has 0 bridgehead atoms. The number of carbonyl (C=O) groups excluding carboxylic acids is 2. The Morgan fingerprint density at radius 1 is 0.566 bits per heavy atom. The first kappa shape index (κ1) is 50.7. The molecule has 0 aliphatic heterocycles. The first-order valence-corrected chi connectivity index (χ1v) is 22.3. The number of hydrogen-bond acceptors (Lipinski definition) is 8. The predicted molar refractivity (Wildman–Crippen MR) is 219 cm³/mol. The van der Waals surface area contributed by atoms with E-state index in [-0.39, 0.29) is 32.6 Å². The first-order valence-electron chi connectivity index (χ1n) is 20.8. The van der Waals surface area contributed by atoms with E-state index in [1.807, 2.05) is 6.08 Å². The number of allylic oxidation sites excluding steroid dienone is 10. The summed E-state index contributed by atoms with van der Waals surface area (Å²) < 4.78 is 32.7. The summed E-state index contributed by atoms with van der Waals surface area (Å²) in [5.74, 6) is -0.903. The second kappa shape index (κ2) is 39.4. The van der Waals surface area contributed by atoms with Crippen molar-refractivity contribution < 1.29 is 37.6 Å². The van der Waals surface area contributed by atoms with Crippen molar-refractivity contribution in [2.75, 3.05) is 26.4 Å². The lowest BCUT2D eigenvalue weighted by atomic mass is 10.1. The Balaban J connectivity index is 4.30. The Labute approximate surface area is 323 Å². The molecule has 306 valence electrons. The van der Waals surface area contributed by atoms with Crippen molar-refractivity contribution in [1.82, 2.24) is 0 Å². The maximum atomic E-state index is 12.5. The third-order valence-corrected chi connectivity index (χ3v) is 9.36. The average Bonchev–Trinajstić information content (AvgIpc) is 3.14. The van der Waals surface area contributed by atoms with Gasteiger partial charge in [0.05, 0.1) is 13.2 Å². The average molecular weight is 766 g/mol. The van der Waals surface area contributed by atoms with Crippen LogP contribution >= 0.6 is 7.82 Å². The highest BCUT2D eigenvalue weighted by Crippen LogP contribution is 2.43. The molecule has 0 aromatic carbocycles. The number of rotatable bonds is 38. The Morgan fingerprint density at radius 3 is 1.57 bits per heavy atom. The largest absolute Gasteiger partial charge is 0.472 e. The van der Waals surface area contributed by atoms with Gasteiger partial charge in [0.2, 0.25) is 0 Å². The predicted octanol–water partition coefficient (Wildman–Crippen LogP) is 11.7. The molecule has 53 heavy (non-hydrogen) atoms. The zero-order valence-corrected chi connectivity index (χ0v) is 34.4. The molecule has 0 amide bonds. The van der Waals surface area contributed by atoms with Crippen LogP contribution in [-0.2, 0) is 32.7 Å². The zero-order valence-electron chi connectivity index (χ0n) is 33.5. The van der Waals surface area contributed by atoms with Crippen LogP contribution in [0.25, 0.3) is 0 Å². The molecule has 2 atom stereocenters. The highest BCUT2D eigenvalue weighted by molar-refractivity contribution is 7.47. The minimum Gasteiger partial charge on any atom is -0.462 e. The van der Waals surface area contributed by atoms with Crippen LogP contribution in [0.3, 0.4) is 0 Å². The van der Waals surface area contributed by atoms with Crippen molar-refractivity contribution >= 4 is 19.8 Å². The Morgan fingerprint density at radius 2 is 1.00 bits per heavy atom. The fourth-order valence-electron chi connectivity index (χ4n) is 5.27. The van der Waals surface area contributed by atoms with E-state index in [4.69, 9.17) is 24.3 Å². The molecule has 0 spiro atoms. The summed E-state index contributed by atoms with van der Waals surface area (Å²) in [6.45, 7) is 3.61. The van der Waals surface area contributed by atoms with Gasteiger partial charge < -0.3 is 20.1 Å². The van der Waals surface area contributed by atoms with E-state index in [9.17, 15) is 19.0 Å². The Kier molecular flexibility index (Phi) is 37.7. The van der Waals surface area contributed by atoms with Gasteiger partial charge in [0.25, 0.3) is 0 Å². The summed E-state index contributed by atoms with van der Waals surface area (Å²) in [7, 11) is -4.39. The number of hydrogen-bond donors (Lipinski definition) is 2. The van der Waals surface area contributed by atoms with Crippen LogP contribution in [0.1, 0.15) is 168 Å². The fourth-order valence-corrected chi connectivity index (χ4v) is 6.03. The van der Waals surface area contributed by atoms with Crippen molar-refractivity contribution in [3.05, 3.63) is 60.8 Å². The van der Waals surface area contributed by atoms with Crippen LogP contribution in [0.15, 0.2) is 60.8 Å². The minimum absolute atomic E-state index is 0.0419. The van der Waals surface area contributed by atoms with E-state index in [2.05, 4.69) is 68.5 Å². The van der Waals surface area contributed by atoms with E-state index in [1.165, 1.54) is 77.0 Å². The van der Waals surface area contributed by atoms with Crippen molar-refractivity contribution in [3.63, 3.8) is 0 Å². The molecule has 0 saturated carbocycles. The molecular weight excluding hydrogens is 689 g/mol. The molecule has 3 N–H and O–H groups in total. The van der Waals surface area contributed by atoms with Crippen LogP contribution in [0.2, 0.25) is 0 Å². The number of carbonyl (C=O) groups is 2. The number of phosphoric ester groups is 1. The number of esters is 2. The molecule has 0 saturated heterocycles. The van der Waals surface area contributed by atoms with Gasteiger partial charge in [-0.25, -0.2) is 4.57 Å². The normalized spacial score (nSPS) is 14.0. The fraction of sp³-hybridized carbons (Fsp3) is 0.721. The van der Waals surface area contributed by atoms with Crippen LogP contribution < -0.4 is 5.73 Å². The topological polar surface area (TPSA) is 134 Å². The maximum Gasteiger partial charge on any atom is 0.472 e. The van der Waals surface area contributed by atoms with Gasteiger partial charge in [-0.15, -0.1) is 0 Å². The summed E-state index contributed by atoms with van der Waals surface area (Å²) in [6, 6.07) is 0. The van der Waals surface area contributed by atoms with E-state index in [0.29, 0.717) is 12.8 Å². The summed E-state index contributed by atoms with van der Waals surface area (Å²) in [6.07, 6.45) is 45.4. The van der Waals surface area contributed by atoms with Gasteiger partial charge >= 0.3 is 19.8 Å². The molecule has 0 aromatic heterocycles. The second-order valence-corrected chi connectivity index (χ2v) is 14.9. The van der Waals surface area contributed by atoms with Gasteiger partial charge in [-0.1, -0.05) is 139 Å². The number of unbranched alkanes of at least 4 members (excludes halogenated alkanes) is 15. The van der Waals surface area contributed by atoms with Crippen LogP contribution in [0, 0.1) is 0 Å². The van der Waals surface area contributed by atoms with Gasteiger partial charge in [0.1, 0.15) is 6.61 Å². The number of phosphoric acid groups is 1. The van der Waals surface area contributed by atoms with Crippen molar-refractivity contribution in [2.24, 2.45) is 5.73 Å². The molecule has 0 radical (unpaired) electrons. The minimum atomic E-state index is -4.39.